The second-order valence-electron chi connectivity index (χ2n) is 7.88. The van der Waals surface area contributed by atoms with Crippen molar-refractivity contribution < 1.29 is 9.53 Å². The Balaban J connectivity index is 1.25. The number of nitrogens with zero attached hydrogens (tertiary/aromatic N) is 3. The number of aromatic nitrogens is 1. The molecule has 0 saturated carbocycles. The first-order chi connectivity index (χ1) is 14.3. The molecular formula is C23H30N4O2. The van der Waals surface area contributed by atoms with Crippen molar-refractivity contribution in [1.82, 2.24) is 20.1 Å². The van der Waals surface area contributed by atoms with Crippen molar-refractivity contribution in [2.24, 2.45) is 0 Å². The van der Waals surface area contributed by atoms with Gasteiger partial charge in [0.2, 0.25) is 0 Å². The molecule has 6 heteroatoms. The average molecular weight is 395 g/mol. The lowest BCUT2D eigenvalue weighted by molar-refractivity contribution is -0.115. The first kappa shape index (κ1) is 19.9. The number of piperidine rings is 1. The third kappa shape index (κ3) is 4.60. The van der Waals surface area contributed by atoms with Crippen LogP contribution in [0.2, 0.25) is 0 Å². The zero-order valence-electron chi connectivity index (χ0n) is 17.0. The largest absolute Gasteiger partial charge is 0.378 e. The van der Waals surface area contributed by atoms with Crippen LogP contribution in [0.4, 0.5) is 4.79 Å². The summed E-state index contributed by atoms with van der Waals surface area (Å²) in [6.45, 7) is 3.24. The lowest BCUT2D eigenvalue weighted by atomic mass is 9.87. The van der Waals surface area contributed by atoms with E-state index in [2.05, 4.69) is 39.5 Å². The number of ether oxygens (including phenoxy) is 1. The topological polar surface area (TPSA) is 57.7 Å². The number of carbonyl (C=O) groups excluding carboxylic acids is 1. The monoisotopic (exact) mass is 394 g/mol. The number of benzene rings is 1. The Morgan fingerprint density at radius 3 is 2.55 bits per heavy atom. The van der Waals surface area contributed by atoms with E-state index in [9.17, 15) is 4.79 Å². The van der Waals surface area contributed by atoms with E-state index < -0.39 is 0 Å². The molecule has 29 heavy (non-hydrogen) atoms. The molecule has 2 amide bonds. The van der Waals surface area contributed by atoms with E-state index in [-0.39, 0.29) is 12.1 Å². The lowest BCUT2D eigenvalue weighted by Crippen LogP contribution is -2.60. The number of pyridine rings is 1. The van der Waals surface area contributed by atoms with E-state index in [1.807, 2.05) is 35.5 Å². The predicted octanol–water partition coefficient (Wildman–Crippen LogP) is 2.87. The molecule has 0 spiro atoms. The van der Waals surface area contributed by atoms with Gasteiger partial charge in [-0.05, 0) is 42.5 Å². The summed E-state index contributed by atoms with van der Waals surface area (Å²) in [6.07, 6.45) is 6.80. The molecule has 0 aliphatic carbocycles. The Kier molecular flexibility index (Phi) is 6.42. The molecule has 2 saturated heterocycles. The van der Waals surface area contributed by atoms with Gasteiger partial charge in [0.15, 0.2) is 0 Å². The Labute approximate surface area is 172 Å². The van der Waals surface area contributed by atoms with Gasteiger partial charge in [-0.3, -0.25) is 9.88 Å². The number of urea groups is 1. The molecule has 1 aromatic carbocycles. The maximum atomic E-state index is 12.5. The van der Waals surface area contributed by atoms with Crippen molar-refractivity contribution in [2.45, 2.75) is 37.5 Å². The molecule has 2 aromatic rings. The fourth-order valence-electron chi connectivity index (χ4n) is 4.51. The third-order valence-electron chi connectivity index (χ3n) is 6.20. The van der Waals surface area contributed by atoms with Crippen molar-refractivity contribution in [3.8, 4) is 0 Å². The summed E-state index contributed by atoms with van der Waals surface area (Å²) in [5, 5.41) is 3.07. The second-order valence-corrected chi connectivity index (χ2v) is 7.88. The molecule has 4 rings (SSSR count). The van der Waals surface area contributed by atoms with E-state index >= 15 is 0 Å². The molecule has 154 valence electrons. The van der Waals surface area contributed by atoms with Crippen LogP contribution >= 0.6 is 0 Å². The maximum Gasteiger partial charge on any atom is 0.317 e. The molecule has 0 radical (unpaired) electrons. The van der Waals surface area contributed by atoms with Crippen molar-refractivity contribution in [3.63, 3.8) is 0 Å². The molecular weight excluding hydrogens is 364 g/mol. The number of methoxy groups -OCH3 is 1. The number of hydrogen-bond donors (Lipinski definition) is 1. The minimum absolute atomic E-state index is 0.0587. The fraction of sp³-hybridized carbons (Fsp3) is 0.478. The summed E-state index contributed by atoms with van der Waals surface area (Å²) in [5.41, 5.74) is 2.51. The molecule has 2 atom stereocenters. The molecule has 1 aromatic heterocycles. The van der Waals surface area contributed by atoms with Crippen molar-refractivity contribution in [3.05, 3.63) is 66.0 Å². The number of carbonyl (C=O) groups is 1. The van der Waals surface area contributed by atoms with E-state index in [4.69, 9.17) is 4.74 Å². The van der Waals surface area contributed by atoms with Gasteiger partial charge in [0, 0.05) is 51.7 Å². The molecule has 6 nitrogen and oxygen atoms in total. The number of hydrogen-bond acceptors (Lipinski definition) is 4. The number of likely N-dealkylation sites (tertiary alicyclic amines) is 2. The van der Waals surface area contributed by atoms with E-state index in [0.29, 0.717) is 18.6 Å². The van der Waals surface area contributed by atoms with Crippen LogP contribution in [0.5, 0.6) is 0 Å². The molecule has 2 aliphatic rings. The summed E-state index contributed by atoms with van der Waals surface area (Å²) in [7, 11) is 1.79. The van der Waals surface area contributed by atoms with E-state index in [1.54, 1.807) is 7.11 Å². The highest BCUT2D eigenvalue weighted by atomic mass is 16.5. The van der Waals surface area contributed by atoms with Crippen LogP contribution in [0.15, 0.2) is 54.9 Å². The van der Waals surface area contributed by atoms with Gasteiger partial charge in [0.1, 0.15) is 0 Å². The minimum Gasteiger partial charge on any atom is -0.378 e. The van der Waals surface area contributed by atoms with Gasteiger partial charge in [-0.1, -0.05) is 30.3 Å². The van der Waals surface area contributed by atoms with E-state index in [0.717, 1.165) is 38.9 Å². The van der Waals surface area contributed by atoms with Gasteiger partial charge in [0.25, 0.3) is 0 Å². The van der Waals surface area contributed by atoms with Gasteiger partial charge >= 0.3 is 6.03 Å². The van der Waals surface area contributed by atoms with Crippen LogP contribution in [0, 0.1) is 0 Å². The number of rotatable bonds is 6. The molecule has 0 bridgehead atoms. The average Bonchev–Trinajstić information content (AvgIpc) is 2.75. The molecule has 0 unspecified atom stereocenters. The third-order valence-corrected chi connectivity index (χ3v) is 6.20. The highest BCUT2D eigenvalue weighted by Gasteiger charge is 2.44. The van der Waals surface area contributed by atoms with Crippen LogP contribution in [0.3, 0.4) is 0 Å². The van der Waals surface area contributed by atoms with Crippen LogP contribution in [-0.4, -0.2) is 66.2 Å². The first-order valence-corrected chi connectivity index (χ1v) is 10.5. The zero-order chi connectivity index (χ0) is 20.1. The summed E-state index contributed by atoms with van der Waals surface area (Å²) >= 11 is 0. The summed E-state index contributed by atoms with van der Waals surface area (Å²) in [5.74, 6) is 0. The fourth-order valence-corrected chi connectivity index (χ4v) is 4.51. The van der Waals surface area contributed by atoms with E-state index in [1.165, 1.54) is 11.1 Å². The maximum absolute atomic E-state index is 12.5. The summed E-state index contributed by atoms with van der Waals surface area (Å²) < 4.78 is 5.68. The summed E-state index contributed by atoms with van der Waals surface area (Å²) in [6, 6.07) is 15.3. The second kappa shape index (κ2) is 9.37. The number of nitrogens with one attached hydrogen (secondary N) is 1. The molecule has 2 aliphatic heterocycles. The minimum atomic E-state index is 0.0587. The van der Waals surface area contributed by atoms with Gasteiger partial charge in [-0.25, -0.2) is 4.79 Å². The Bertz CT molecular complexity index is 778. The van der Waals surface area contributed by atoms with Gasteiger partial charge in [-0.2, -0.15) is 0 Å². The summed E-state index contributed by atoms with van der Waals surface area (Å²) in [4.78, 5) is 21.1. The molecule has 2 fully saturated rings. The zero-order valence-corrected chi connectivity index (χ0v) is 17.0. The smallest absolute Gasteiger partial charge is 0.317 e. The Morgan fingerprint density at radius 2 is 1.86 bits per heavy atom. The molecule has 1 N–H and O–H groups in total. The van der Waals surface area contributed by atoms with Crippen molar-refractivity contribution >= 4 is 6.03 Å². The van der Waals surface area contributed by atoms with Crippen LogP contribution in [0.1, 0.15) is 30.0 Å². The van der Waals surface area contributed by atoms with Crippen LogP contribution < -0.4 is 5.32 Å². The quantitative estimate of drug-likeness (QED) is 0.819. The van der Waals surface area contributed by atoms with Crippen molar-refractivity contribution in [1.29, 1.82) is 0 Å². The Morgan fingerprint density at radius 1 is 1.14 bits per heavy atom. The van der Waals surface area contributed by atoms with Gasteiger partial charge in [0.05, 0.1) is 12.1 Å². The van der Waals surface area contributed by atoms with Gasteiger partial charge < -0.3 is 15.0 Å². The predicted molar refractivity (Wildman–Crippen MR) is 113 cm³/mol. The molecule has 3 heterocycles. The first-order valence-electron chi connectivity index (χ1n) is 10.5. The highest BCUT2D eigenvalue weighted by molar-refractivity contribution is 5.74. The number of amides is 2. The van der Waals surface area contributed by atoms with Crippen molar-refractivity contribution in [2.75, 3.05) is 33.3 Å². The van der Waals surface area contributed by atoms with Crippen LogP contribution in [0.25, 0.3) is 0 Å². The lowest BCUT2D eigenvalue weighted by Gasteiger charge is -2.53. The highest BCUT2D eigenvalue weighted by Crippen LogP contribution is 2.39. The Hall–Kier alpha value is -2.44. The standard InChI is InChI=1S/C23H30N4O2/c1-29-21-17-27(22(21)19-8-12-24-13-9-19)20-10-15-26(16-11-20)23(28)25-14-7-18-5-3-2-4-6-18/h2-6,8-9,12-13,20-22H,7,10-11,14-17H2,1H3,(H,25,28)/t21-,22-/m0/s1. The SMILES string of the molecule is CO[C@H]1CN(C2CCN(C(=O)NCCc3ccccc3)CC2)[C@H]1c1ccncc1. The normalized spacial score (nSPS) is 22.9. The van der Waals surface area contributed by atoms with Gasteiger partial charge in [-0.15, -0.1) is 0 Å². The van der Waals surface area contributed by atoms with Crippen LogP contribution in [-0.2, 0) is 11.2 Å².